The molecule has 0 saturated carbocycles. The third-order valence-electron chi connectivity index (χ3n) is 3.17. The van der Waals surface area contributed by atoms with Crippen LogP contribution < -0.4 is 5.32 Å². The summed E-state index contributed by atoms with van der Waals surface area (Å²) in [6.45, 7) is 5.13. The molecule has 6 nitrogen and oxygen atoms in total. The number of carbonyl (C=O) groups excluding carboxylic acids is 2. The number of aryl methyl sites for hydroxylation is 1. The van der Waals surface area contributed by atoms with Gasteiger partial charge in [0, 0.05) is 24.2 Å². The number of amides is 2. The topological polar surface area (TPSA) is 71.5 Å². The summed E-state index contributed by atoms with van der Waals surface area (Å²) in [6.07, 6.45) is 2.99. The van der Waals surface area contributed by atoms with E-state index in [2.05, 4.69) is 10.3 Å². The first-order valence-electron chi connectivity index (χ1n) is 6.75. The largest absolute Gasteiger partial charge is 0.450 e. The SMILES string of the molecule is CCOC(=O)N1CCCC(C(=O)Nc2ncc(C)s2)C1. The zero-order chi connectivity index (χ0) is 14.5. The highest BCUT2D eigenvalue weighted by molar-refractivity contribution is 7.15. The lowest BCUT2D eigenvalue weighted by molar-refractivity contribution is -0.121. The van der Waals surface area contributed by atoms with Gasteiger partial charge in [0.2, 0.25) is 5.91 Å². The molecule has 2 rings (SSSR count). The third kappa shape index (κ3) is 3.69. The third-order valence-corrected chi connectivity index (χ3v) is 4.00. The fraction of sp³-hybridized carbons (Fsp3) is 0.615. The van der Waals surface area contributed by atoms with Crippen molar-refractivity contribution in [2.75, 3.05) is 25.0 Å². The fourth-order valence-corrected chi connectivity index (χ4v) is 2.86. The summed E-state index contributed by atoms with van der Waals surface area (Å²) < 4.78 is 4.98. The monoisotopic (exact) mass is 297 g/mol. The van der Waals surface area contributed by atoms with E-state index in [4.69, 9.17) is 4.74 Å². The number of hydrogen-bond donors (Lipinski definition) is 1. The molecule has 1 aliphatic heterocycles. The van der Waals surface area contributed by atoms with E-state index >= 15 is 0 Å². The molecule has 0 bridgehead atoms. The summed E-state index contributed by atoms with van der Waals surface area (Å²) in [6, 6.07) is 0. The highest BCUT2D eigenvalue weighted by atomic mass is 32.1. The normalized spacial score (nSPS) is 18.7. The average Bonchev–Trinajstić information content (AvgIpc) is 2.84. The highest BCUT2D eigenvalue weighted by Crippen LogP contribution is 2.21. The Labute approximate surface area is 122 Å². The number of carbonyl (C=O) groups is 2. The van der Waals surface area contributed by atoms with Crippen LogP contribution in [0.2, 0.25) is 0 Å². The number of thiazole rings is 1. The lowest BCUT2D eigenvalue weighted by Gasteiger charge is -2.30. The van der Waals surface area contributed by atoms with Crippen molar-refractivity contribution in [1.29, 1.82) is 0 Å². The second-order valence-electron chi connectivity index (χ2n) is 4.75. The number of hydrogen-bond acceptors (Lipinski definition) is 5. The van der Waals surface area contributed by atoms with Gasteiger partial charge in [0.15, 0.2) is 5.13 Å². The van der Waals surface area contributed by atoms with Crippen molar-refractivity contribution in [2.24, 2.45) is 5.92 Å². The van der Waals surface area contributed by atoms with E-state index in [0.29, 0.717) is 24.8 Å². The predicted octanol–water partition coefficient (Wildman–Crippen LogP) is 2.26. The Morgan fingerprint density at radius 1 is 1.60 bits per heavy atom. The van der Waals surface area contributed by atoms with Crippen LogP contribution in [0.3, 0.4) is 0 Å². The molecule has 1 aromatic rings. The second kappa shape index (κ2) is 6.69. The smallest absolute Gasteiger partial charge is 0.409 e. The van der Waals surface area contributed by atoms with Gasteiger partial charge in [-0.25, -0.2) is 9.78 Å². The first kappa shape index (κ1) is 14.8. The molecule has 2 heterocycles. The minimum atomic E-state index is -0.338. The van der Waals surface area contributed by atoms with Gasteiger partial charge in [-0.1, -0.05) is 0 Å². The summed E-state index contributed by atoms with van der Waals surface area (Å²) in [5.74, 6) is -0.272. The van der Waals surface area contributed by atoms with Crippen LogP contribution in [-0.4, -0.2) is 41.6 Å². The van der Waals surface area contributed by atoms with Crippen LogP contribution in [0.25, 0.3) is 0 Å². The van der Waals surface area contributed by atoms with E-state index in [1.54, 1.807) is 18.0 Å². The van der Waals surface area contributed by atoms with Crippen molar-refractivity contribution in [3.8, 4) is 0 Å². The minimum absolute atomic E-state index is 0.0756. The van der Waals surface area contributed by atoms with Crippen molar-refractivity contribution in [2.45, 2.75) is 26.7 Å². The number of nitrogens with one attached hydrogen (secondary N) is 1. The van der Waals surface area contributed by atoms with Crippen LogP contribution in [0.1, 0.15) is 24.6 Å². The van der Waals surface area contributed by atoms with E-state index in [-0.39, 0.29) is 17.9 Å². The van der Waals surface area contributed by atoms with Crippen molar-refractivity contribution >= 4 is 28.5 Å². The molecule has 0 spiro atoms. The predicted molar refractivity (Wildman–Crippen MR) is 76.8 cm³/mol. The number of aromatic nitrogens is 1. The van der Waals surface area contributed by atoms with Crippen LogP contribution in [0.4, 0.5) is 9.93 Å². The van der Waals surface area contributed by atoms with Gasteiger partial charge in [0.1, 0.15) is 0 Å². The maximum Gasteiger partial charge on any atom is 0.409 e. The lowest BCUT2D eigenvalue weighted by Crippen LogP contribution is -2.44. The van der Waals surface area contributed by atoms with Gasteiger partial charge < -0.3 is 15.0 Å². The molecule has 110 valence electrons. The maximum atomic E-state index is 12.2. The number of piperidine rings is 1. The Hall–Kier alpha value is -1.63. The molecular formula is C13H19N3O3S. The average molecular weight is 297 g/mol. The molecule has 7 heteroatoms. The van der Waals surface area contributed by atoms with Crippen LogP contribution in [0.15, 0.2) is 6.20 Å². The number of ether oxygens (including phenoxy) is 1. The molecule has 0 aromatic carbocycles. The molecular weight excluding hydrogens is 278 g/mol. The number of anilines is 1. The first-order valence-corrected chi connectivity index (χ1v) is 7.56. The van der Waals surface area contributed by atoms with Crippen molar-refractivity contribution < 1.29 is 14.3 Å². The second-order valence-corrected chi connectivity index (χ2v) is 5.98. The summed E-state index contributed by atoms with van der Waals surface area (Å²) >= 11 is 1.45. The minimum Gasteiger partial charge on any atom is -0.450 e. The van der Waals surface area contributed by atoms with E-state index < -0.39 is 0 Å². The van der Waals surface area contributed by atoms with Gasteiger partial charge in [-0.15, -0.1) is 11.3 Å². The van der Waals surface area contributed by atoms with Gasteiger partial charge >= 0.3 is 6.09 Å². The molecule has 1 fully saturated rings. The van der Waals surface area contributed by atoms with Gasteiger partial charge in [0.25, 0.3) is 0 Å². The van der Waals surface area contributed by atoms with Crippen molar-refractivity contribution in [1.82, 2.24) is 9.88 Å². The summed E-state index contributed by atoms with van der Waals surface area (Å²) in [5.41, 5.74) is 0. The molecule has 20 heavy (non-hydrogen) atoms. The van der Waals surface area contributed by atoms with E-state index in [1.165, 1.54) is 11.3 Å². The molecule has 0 radical (unpaired) electrons. The van der Waals surface area contributed by atoms with Crippen molar-refractivity contribution in [3.05, 3.63) is 11.1 Å². The van der Waals surface area contributed by atoms with Crippen molar-refractivity contribution in [3.63, 3.8) is 0 Å². The van der Waals surface area contributed by atoms with Gasteiger partial charge in [0.05, 0.1) is 12.5 Å². The molecule has 1 N–H and O–H groups in total. The van der Waals surface area contributed by atoms with Gasteiger partial charge in [-0.05, 0) is 26.7 Å². The molecule has 2 amide bonds. The molecule has 1 unspecified atom stereocenters. The zero-order valence-corrected chi connectivity index (χ0v) is 12.5. The molecule has 1 aromatic heterocycles. The maximum absolute atomic E-state index is 12.2. The zero-order valence-electron chi connectivity index (χ0n) is 11.7. The number of rotatable bonds is 3. The Bertz CT molecular complexity index is 489. The van der Waals surface area contributed by atoms with Crippen LogP contribution in [-0.2, 0) is 9.53 Å². The fourth-order valence-electron chi connectivity index (χ4n) is 2.19. The summed E-state index contributed by atoms with van der Waals surface area (Å²) in [7, 11) is 0. The van der Waals surface area contributed by atoms with Crippen LogP contribution in [0, 0.1) is 12.8 Å². The molecule has 0 aliphatic carbocycles. The number of likely N-dealkylation sites (tertiary alicyclic amines) is 1. The highest BCUT2D eigenvalue weighted by Gasteiger charge is 2.29. The van der Waals surface area contributed by atoms with E-state index in [1.807, 2.05) is 6.92 Å². The standard InChI is InChI=1S/C13H19N3O3S/c1-3-19-13(18)16-6-4-5-10(8-16)11(17)15-12-14-7-9(2)20-12/h7,10H,3-6,8H2,1-2H3,(H,14,15,17). The summed E-state index contributed by atoms with van der Waals surface area (Å²) in [4.78, 5) is 30.6. The van der Waals surface area contributed by atoms with Gasteiger partial charge in [-0.2, -0.15) is 0 Å². The van der Waals surface area contributed by atoms with E-state index in [9.17, 15) is 9.59 Å². The van der Waals surface area contributed by atoms with E-state index in [0.717, 1.165) is 17.7 Å². The van der Waals surface area contributed by atoms with Crippen LogP contribution in [0.5, 0.6) is 0 Å². The summed E-state index contributed by atoms with van der Waals surface area (Å²) in [5, 5.41) is 3.43. The Balaban J connectivity index is 1.91. The number of nitrogens with zero attached hydrogens (tertiary/aromatic N) is 2. The Morgan fingerprint density at radius 2 is 2.40 bits per heavy atom. The van der Waals surface area contributed by atoms with Crippen LogP contribution >= 0.6 is 11.3 Å². The van der Waals surface area contributed by atoms with Gasteiger partial charge in [-0.3, -0.25) is 4.79 Å². The Kier molecular flexibility index (Phi) is 4.94. The quantitative estimate of drug-likeness (QED) is 0.929. The Morgan fingerprint density at radius 3 is 3.05 bits per heavy atom. The lowest BCUT2D eigenvalue weighted by atomic mass is 9.97. The molecule has 1 saturated heterocycles. The molecule has 1 atom stereocenters. The molecule has 1 aliphatic rings. The first-order chi connectivity index (χ1) is 9.60.